The number of carbonyl (C=O) groups is 1. The number of benzene rings is 2. The average molecular weight is 353 g/mol. The molecule has 1 fully saturated rings. The average Bonchev–Trinajstić information content (AvgIpc) is 2.68. The first kappa shape index (κ1) is 18.4. The maximum Gasteiger partial charge on any atom is 0.225 e. The second kappa shape index (κ2) is 9.36. The van der Waals surface area contributed by atoms with Crippen molar-refractivity contribution in [2.75, 3.05) is 50.1 Å². The lowest BCUT2D eigenvalue weighted by molar-refractivity contribution is -0.116. The molecule has 1 saturated heterocycles. The van der Waals surface area contributed by atoms with Crippen LogP contribution in [0.1, 0.15) is 12.0 Å². The van der Waals surface area contributed by atoms with E-state index in [9.17, 15) is 4.79 Å². The molecule has 0 aliphatic carbocycles. The molecule has 0 atom stereocenters. The van der Waals surface area contributed by atoms with Crippen molar-refractivity contribution in [2.45, 2.75) is 13.0 Å². The number of hydrogen-bond acceptors (Lipinski definition) is 4. The molecule has 0 radical (unpaired) electrons. The Hall–Kier alpha value is -2.37. The zero-order chi connectivity index (χ0) is 18.2. The lowest BCUT2D eigenvalue weighted by Gasteiger charge is -2.28. The maximum atomic E-state index is 12.2. The molecule has 5 nitrogen and oxygen atoms in total. The topological polar surface area (TPSA) is 44.8 Å². The van der Waals surface area contributed by atoms with Crippen LogP contribution >= 0.6 is 0 Å². The molecule has 1 amide bonds. The van der Waals surface area contributed by atoms with E-state index in [1.54, 1.807) is 0 Å². The van der Waals surface area contributed by atoms with Gasteiger partial charge in [-0.3, -0.25) is 4.79 Å². The monoisotopic (exact) mass is 353 g/mol. The Labute approximate surface area is 155 Å². The second-order valence-corrected chi connectivity index (χ2v) is 6.67. The highest BCUT2D eigenvalue weighted by Gasteiger charge is 2.11. The van der Waals surface area contributed by atoms with Crippen molar-refractivity contribution in [1.29, 1.82) is 0 Å². The minimum absolute atomic E-state index is 0.0454. The smallest absolute Gasteiger partial charge is 0.225 e. The summed E-state index contributed by atoms with van der Waals surface area (Å²) < 4.78 is 5.38. The molecule has 1 heterocycles. The highest BCUT2D eigenvalue weighted by molar-refractivity contribution is 5.91. The molecule has 2 aromatic rings. The van der Waals surface area contributed by atoms with Crippen LogP contribution in [0.5, 0.6) is 0 Å². The first-order valence-corrected chi connectivity index (χ1v) is 9.16. The van der Waals surface area contributed by atoms with Crippen molar-refractivity contribution in [3.63, 3.8) is 0 Å². The lowest BCUT2D eigenvalue weighted by Crippen LogP contribution is -2.36. The van der Waals surface area contributed by atoms with E-state index in [4.69, 9.17) is 4.74 Å². The fraction of sp³-hybridized carbons (Fsp3) is 0.381. The summed E-state index contributed by atoms with van der Waals surface area (Å²) in [7, 11) is 2.04. The van der Waals surface area contributed by atoms with Crippen LogP contribution in [-0.2, 0) is 16.1 Å². The summed E-state index contributed by atoms with van der Waals surface area (Å²) in [6, 6.07) is 18.4. The summed E-state index contributed by atoms with van der Waals surface area (Å²) in [5.74, 6) is 0.0454. The number of amides is 1. The highest BCUT2D eigenvalue weighted by atomic mass is 16.5. The third-order valence-corrected chi connectivity index (χ3v) is 4.54. The van der Waals surface area contributed by atoms with Crippen LogP contribution in [0.15, 0.2) is 54.6 Å². The van der Waals surface area contributed by atoms with Gasteiger partial charge in [-0.1, -0.05) is 30.3 Å². The number of morpholine rings is 1. The quantitative estimate of drug-likeness (QED) is 0.831. The molecule has 0 aromatic heterocycles. The van der Waals surface area contributed by atoms with Crippen molar-refractivity contribution in [2.24, 2.45) is 0 Å². The van der Waals surface area contributed by atoms with Gasteiger partial charge in [-0.15, -0.1) is 0 Å². The number of ether oxygens (including phenoxy) is 1. The Kier molecular flexibility index (Phi) is 6.63. The minimum atomic E-state index is 0.0454. The molecule has 138 valence electrons. The van der Waals surface area contributed by atoms with Gasteiger partial charge in [-0.05, 0) is 36.9 Å². The molecule has 26 heavy (non-hydrogen) atoms. The first-order valence-electron chi connectivity index (χ1n) is 9.16. The normalized spacial score (nSPS) is 14.5. The minimum Gasteiger partial charge on any atom is -0.378 e. The fourth-order valence-corrected chi connectivity index (χ4v) is 3.07. The molecule has 3 rings (SSSR count). The van der Waals surface area contributed by atoms with Gasteiger partial charge in [0.15, 0.2) is 0 Å². The van der Waals surface area contributed by atoms with Crippen LogP contribution in [0.3, 0.4) is 0 Å². The van der Waals surface area contributed by atoms with Gasteiger partial charge in [0.05, 0.1) is 13.2 Å². The van der Waals surface area contributed by atoms with Crippen LogP contribution in [0.4, 0.5) is 11.4 Å². The summed E-state index contributed by atoms with van der Waals surface area (Å²) in [5.41, 5.74) is 3.28. The molecule has 0 spiro atoms. The van der Waals surface area contributed by atoms with E-state index < -0.39 is 0 Å². The summed E-state index contributed by atoms with van der Waals surface area (Å²) in [6.45, 7) is 4.96. The van der Waals surface area contributed by atoms with Gasteiger partial charge in [0.2, 0.25) is 5.91 Å². The van der Waals surface area contributed by atoms with Crippen molar-refractivity contribution in [1.82, 2.24) is 4.90 Å². The molecular formula is C21H27N3O2. The first-order chi connectivity index (χ1) is 12.7. The van der Waals surface area contributed by atoms with E-state index in [-0.39, 0.29) is 5.91 Å². The zero-order valence-corrected chi connectivity index (χ0v) is 15.4. The van der Waals surface area contributed by atoms with E-state index in [1.807, 2.05) is 37.4 Å². The van der Waals surface area contributed by atoms with Gasteiger partial charge in [0, 0.05) is 44.0 Å². The predicted octanol–water partition coefficient (Wildman–Crippen LogP) is 2.98. The number of hydrogen-bond donors (Lipinski definition) is 1. The predicted molar refractivity (Wildman–Crippen MR) is 105 cm³/mol. The zero-order valence-electron chi connectivity index (χ0n) is 15.4. The van der Waals surface area contributed by atoms with E-state index in [1.165, 1.54) is 11.3 Å². The van der Waals surface area contributed by atoms with Gasteiger partial charge in [-0.25, -0.2) is 0 Å². The van der Waals surface area contributed by atoms with Crippen LogP contribution in [-0.4, -0.2) is 50.7 Å². The van der Waals surface area contributed by atoms with E-state index in [2.05, 4.69) is 39.4 Å². The lowest BCUT2D eigenvalue weighted by atomic mass is 10.2. The third-order valence-electron chi connectivity index (χ3n) is 4.54. The van der Waals surface area contributed by atoms with Crippen LogP contribution in [0.25, 0.3) is 0 Å². The van der Waals surface area contributed by atoms with E-state index in [0.29, 0.717) is 6.42 Å². The van der Waals surface area contributed by atoms with Crippen LogP contribution in [0, 0.1) is 0 Å². The van der Waals surface area contributed by atoms with Crippen molar-refractivity contribution >= 4 is 17.3 Å². The molecule has 0 unspecified atom stereocenters. The number of nitrogens with one attached hydrogen (secondary N) is 1. The molecule has 0 bridgehead atoms. The van der Waals surface area contributed by atoms with Gasteiger partial charge < -0.3 is 19.9 Å². The summed E-state index contributed by atoms with van der Waals surface area (Å²) in [4.78, 5) is 16.7. The fourth-order valence-electron chi connectivity index (χ4n) is 3.07. The Balaban J connectivity index is 1.42. The van der Waals surface area contributed by atoms with Crippen LogP contribution in [0.2, 0.25) is 0 Å². The molecule has 1 aliphatic rings. The van der Waals surface area contributed by atoms with E-state index >= 15 is 0 Å². The Bertz CT molecular complexity index is 682. The Morgan fingerprint density at radius 1 is 1.08 bits per heavy atom. The van der Waals surface area contributed by atoms with Crippen molar-refractivity contribution in [3.05, 3.63) is 60.2 Å². The van der Waals surface area contributed by atoms with Crippen LogP contribution < -0.4 is 10.2 Å². The maximum absolute atomic E-state index is 12.2. The van der Waals surface area contributed by atoms with Gasteiger partial charge >= 0.3 is 0 Å². The van der Waals surface area contributed by atoms with Crippen molar-refractivity contribution < 1.29 is 9.53 Å². The third kappa shape index (κ3) is 5.58. The number of rotatable bonds is 7. The molecule has 1 aliphatic heterocycles. The van der Waals surface area contributed by atoms with Gasteiger partial charge in [0.25, 0.3) is 0 Å². The summed E-state index contributed by atoms with van der Waals surface area (Å²) in [6.07, 6.45) is 0.481. The molecule has 1 N–H and O–H groups in total. The largest absolute Gasteiger partial charge is 0.378 e. The molecular weight excluding hydrogens is 326 g/mol. The molecule has 0 saturated carbocycles. The van der Waals surface area contributed by atoms with Gasteiger partial charge in [0.1, 0.15) is 0 Å². The molecule has 5 heteroatoms. The second-order valence-electron chi connectivity index (χ2n) is 6.67. The standard InChI is InChI=1S/C21H27N3O2/c1-23(17-18-5-3-2-4-6-18)12-11-21(25)22-19-7-9-20(10-8-19)24-13-15-26-16-14-24/h2-10H,11-17H2,1H3,(H,22,25). The molecule has 2 aromatic carbocycles. The number of carbonyl (C=O) groups excluding carboxylic acids is 1. The van der Waals surface area contributed by atoms with E-state index in [0.717, 1.165) is 45.1 Å². The summed E-state index contributed by atoms with van der Waals surface area (Å²) in [5, 5.41) is 2.98. The SMILES string of the molecule is CN(CCC(=O)Nc1ccc(N2CCOCC2)cc1)Cc1ccccc1. The number of anilines is 2. The van der Waals surface area contributed by atoms with Crippen molar-refractivity contribution in [3.8, 4) is 0 Å². The Morgan fingerprint density at radius 3 is 2.46 bits per heavy atom. The highest BCUT2D eigenvalue weighted by Crippen LogP contribution is 2.19. The van der Waals surface area contributed by atoms with Gasteiger partial charge in [-0.2, -0.15) is 0 Å². The Morgan fingerprint density at radius 2 is 1.77 bits per heavy atom. The summed E-state index contributed by atoms with van der Waals surface area (Å²) >= 11 is 0. The number of nitrogens with zero attached hydrogens (tertiary/aromatic N) is 2.